The molecule has 0 bridgehead atoms. The van der Waals surface area contributed by atoms with E-state index in [9.17, 15) is 8.78 Å². The molecule has 0 aliphatic carbocycles. The van der Waals surface area contributed by atoms with Crippen molar-refractivity contribution in [2.24, 2.45) is 0 Å². The molecule has 0 fully saturated rings. The second kappa shape index (κ2) is 5.99. The summed E-state index contributed by atoms with van der Waals surface area (Å²) in [6.07, 6.45) is 0.820. The lowest BCUT2D eigenvalue weighted by molar-refractivity contribution is 0.296. The SMILES string of the molecule is Fc1ccc(F)c(NCc2cccc3c2OCCCO3)c1. The molecule has 3 rings (SSSR count). The van der Waals surface area contributed by atoms with Crippen molar-refractivity contribution in [3.63, 3.8) is 0 Å². The Bertz CT molecular complexity index is 646. The average Bonchev–Trinajstić information content (AvgIpc) is 2.74. The summed E-state index contributed by atoms with van der Waals surface area (Å²) in [5, 5.41) is 2.89. The molecule has 0 radical (unpaired) electrons. The molecule has 21 heavy (non-hydrogen) atoms. The number of fused-ring (bicyclic) bond motifs is 1. The number of rotatable bonds is 3. The van der Waals surface area contributed by atoms with Gasteiger partial charge in [-0.15, -0.1) is 0 Å². The highest BCUT2D eigenvalue weighted by Gasteiger charge is 2.14. The van der Waals surface area contributed by atoms with E-state index in [0.717, 1.165) is 30.2 Å². The molecular weight excluding hydrogens is 276 g/mol. The first-order valence-electron chi connectivity index (χ1n) is 6.80. The van der Waals surface area contributed by atoms with E-state index in [0.29, 0.717) is 31.3 Å². The maximum absolute atomic E-state index is 13.6. The van der Waals surface area contributed by atoms with Crippen LogP contribution >= 0.6 is 0 Å². The van der Waals surface area contributed by atoms with E-state index in [-0.39, 0.29) is 5.69 Å². The zero-order valence-corrected chi connectivity index (χ0v) is 11.4. The molecule has 1 aliphatic heterocycles. The Morgan fingerprint density at radius 1 is 1.05 bits per heavy atom. The Morgan fingerprint density at radius 2 is 1.90 bits per heavy atom. The third-order valence-corrected chi connectivity index (χ3v) is 3.25. The van der Waals surface area contributed by atoms with E-state index in [1.54, 1.807) is 0 Å². The highest BCUT2D eigenvalue weighted by molar-refractivity contribution is 5.50. The molecule has 1 aliphatic rings. The van der Waals surface area contributed by atoms with Gasteiger partial charge < -0.3 is 14.8 Å². The quantitative estimate of drug-likeness (QED) is 0.934. The molecule has 0 saturated carbocycles. The fraction of sp³-hybridized carbons (Fsp3) is 0.250. The van der Waals surface area contributed by atoms with Crippen molar-refractivity contribution in [2.45, 2.75) is 13.0 Å². The van der Waals surface area contributed by atoms with Crippen molar-refractivity contribution in [1.82, 2.24) is 0 Å². The summed E-state index contributed by atoms with van der Waals surface area (Å²) in [6.45, 7) is 1.52. The summed E-state index contributed by atoms with van der Waals surface area (Å²) in [6, 6.07) is 8.89. The van der Waals surface area contributed by atoms with Gasteiger partial charge in [0.05, 0.1) is 18.9 Å². The van der Waals surface area contributed by atoms with Crippen LogP contribution in [0.5, 0.6) is 11.5 Å². The van der Waals surface area contributed by atoms with Crippen LogP contribution < -0.4 is 14.8 Å². The van der Waals surface area contributed by atoms with E-state index in [1.807, 2.05) is 18.2 Å². The van der Waals surface area contributed by atoms with Crippen molar-refractivity contribution < 1.29 is 18.3 Å². The molecule has 0 amide bonds. The number of halogens is 2. The average molecular weight is 291 g/mol. The molecule has 110 valence electrons. The summed E-state index contributed by atoms with van der Waals surface area (Å²) >= 11 is 0. The lowest BCUT2D eigenvalue weighted by atomic mass is 10.1. The smallest absolute Gasteiger partial charge is 0.166 e. The standard InChI is InChI=1S/C16H15F2NO2/c17-12-5-6-13(18)14(9-12)19-10-11-3-1-4-15-16(11)21-8-2-7-20-15/h1,3-6,9,19H,2,7-8,10H2. The highest BCUT2D eigenvalue weighted by atomic mass is 19.1. The Kier molecular flexibility index (Phi) is 3.90. The van der Waals surface area contributed by atoms with E-state index < -0.39 is 11.6 Å². The van der Waals surface area contributed by atoms with Crippen LogP contribution in [0.1, 0.15) is 12.0 Å². The predicted molar refractivity (Wildman–Crippen MR) is 75.7 cm³/mol. The number of benzene rings is 2. The normalized spacial score (nSPS) is 13.6. The van der Waals surface area contributed by atoms with Gasteiger partial charge in [-0.25, -0.2) is 8.78 Å². The van der Waals surface area contributed by atoms with Gasteiger partial charge in [-0.1, -0.05) is 12.1 Å². The van der Waals surface area contributed by atoms with Crippen LogP contribution in [0.3, 0.4) is 0 Å². The van der Waals surface area contributed by atoms with Crippen molar-refractivity contribution in [3.05, 3.63) is 53.6 Å². The van der Waals surface area contributed by atoms with Crippen LogP contribution in [0.2, 0.25) is 0 Å². The number of ether oxygens (including phenoxy) is 2. The summed E-state index contributed by atoms with van der Waals surface area (Å²) in [5.41, 5.74) is 0.972. The van der Waals surface area contributed by atoms with Crippen LogP contribution in [0.4, 0.5) is 14.5 Å². The first-order valence-corrected chi connectivity index (χ1v) is 6.80. The summed E-state index contributed by atoms with van der Waals surface area (Å²) in [7, 11) is 0. The highest BCUT2D eigenvalue weighted by Crippen LogP contribution is 2.33. The monoisotopic (exact) mass is 291 g/mol. The molecule has 0 unspecified atom stereocenters. The van der Waals surface area contributed by atoms with Crippen molar-refractivity contribution >= 4 is 5.69 Å². The van der Waals surface area contributed by atoms with Gasteiger partial charge in [0.1, 0.15) is 11.6 Å². The molecule has 3 nitrogen and oxygen atoms in total. The second-order valence-electron chi connectivity index (χ2n) is 4.77. The maximum atomic E-state index is 13.6. The third kappa shape index (κ3) is 3.07. The molecule has 0 spiro atoms. The molecule has 0 atom stereocenters. The van der Waals surface area contributed by atoms with Gasteiger partial charge in [0.15, 0.2) is 11.5 Å². The van der Waals surface area contributed by atoms with Crippen LogP contribution in [0.15, 0.2) is 36.4 Å². The molecular formula is C16H15F2NO2. The number of hydrogen-bond acceptors (Lipinski definition) is 3. The predicted octanol–water partition coefficient (Wildman–Crippen LogP) is 3.74. The van der Waals surface area contributed by atoms with Gasteiger partial charge in [0.25, 0.3) is 0 Å². The summed E-state index contributed by atoms with van der Waals surface area (Å²) < 4.78 is 38.0. The first kappa shape index (κ1) is 13.7. The fourth-order valence-electron chi connectivity index (χ4n) is 2.22. The second-order valence-corrected chi connectivity index (χ2v) is 4.77. The number of anilines is 1. The molecule has 2 aromatic carbocycles. The molecule has 2 aromatic rings. The van der Waals surface area contributed by atoms with Crippen molar-refractivity contribution in [3.8, 4) is 11.5 Å². The maximum Gasteiger partial charge on any atom is 0.166 e. The van der Waals surface area contributed by atoms with Crippen LogP contribution in [-0.2, 0) is 6.54 Å². The van der Waals surface area contributed by atoms with Crippen LogP contribution in [0, 0.1) is 11.6 Å². The van der Waals surface area contributed by atoms with Gasteiger partial charge in [-0.2, -0.15) is 0 Å². The van der Waals surface area contributed by atoms with E-state index in [2.05, 4.69) is 5.32 Å². The van der Waals surface area contributed by atoms with E-state index in [4.69, 9.17) is 9.47 Å². The summed E-state index contributed by atoms with van der Waals surface area (Å²) in [4.78, 5) is 0. The van der Waals surface area contributed by atoms with Crippen molar-refractivity contribution in [2.75, 3.05) is 18.5 Å². The molecule has 1 N–H and O–H groups in total. The number of nitrogens with one attached hydrogen (secondary N) is 1. The lowest BCUT2D eigenvalue weighted by Gasteiger charge is -2.14. The number of hydrogen-bond donors (Lipinski definition) is 1. The zero-order valence-electron chi connectivity index (χ0n) is 11.4. The van der Waals surface area contributed by atoms with E-state index >= 15 is 0 Å². The van der Waals surface area contributed by atoms with Gasteiger partial charge >= 0.3 is 0 Å². The van der Waals surface area contributed by atoms with Gasteiger partial charge in [0, 0.05) is 18.5 Å². The molecule has 1 heterocycles. The van der Waals surface area contributed by atoms with Crippen LogP contribution in [-0.4, -0.2) is 13.2 Å². The van der Waals surface area contributed by atoms with Crippen molar-refractivity contribution in [1.29, 1.82) is 0 Å². The fourth-order valence-corrected chi connectivity index (χ4v) is 2.22. The summed E-state index contributed by atoms with van der Waals surface area (Å²) in [5.74, 6) is 0.381. The minimum Gasteiger partial charge on any atom is -0.490 e. The van der Waals surface area contributed by atoms with E-state index in [1.165, 1.54) is 0 Å². The van der Waals surface area contributed by atoms with Crippen LogP contribution in [0.25, 0.3) is 0 Å². The third-order valence-electron chi connectivity index (χ3n) is 3.25. The minimum absolute atomic E-state index is 0.127. The topological polar surface area (TPSA) is 30.5 Å². The zero-order chi connectivity index (χ0) is 14.7. The Morgan fingerprint density at radius 3 is 2.81 bits per heavy atom. The Hall–Kier alpha value is -2.30. The van der Waals surface area contributed by atoms with Gasteiger partial charge in [-0.05, 0) is 24.3 Å². The lowest BCUT2D eigenvalue weighted by Crippen LogP contribution is -2.05. The first-order chi connectivity index (χ1) is 10.2. The van der Waals surface area contributed by atoms with Gasteiger partial charge in [0.2, 0.25) is 0 Å². The molecule has 5 heteroatoms. The molecule has 0 aromatic heterocycles. The molecule has 0 saturated heterocycles. The Balaban J connectivity index is 1.81. The number of para-hydroxylation sites is 1. The largest absolute Gasteiger partial charge is 0.490 e. The van der Waals surface area contributed by atoms with Gasteiger partial charge in [-0.3, -0.25) is 0 Å². The minimum atomic E-state index is -0.490. The Labute approximate surface area is 121 Å².